The second-order valence-electron chi connectivity index (χ2n) is 8.70. The largest absolute Gasteiger partial charge is 0.470 e. The highest BCUT2D eigenvalue weighted by Gasteiger charge is 2.23. The van der Waals surface area contributed by atoms with Gasteiger partial charge in [0.05, 0.1) is 22.7 Å². The number of benzene rings is 2. The van der Waals surface area contributed by atoms with Crippen molar-refractivity contribution in [3.8, 4) is 17.1 Å². The van der Waals surface area contributed by atoms with Gasteiger partial charge in [-0.3, -0.25) is 4.72 Å². The molecule has 1 atom stereocenters. The standard InChI is InChI=1S/C24H26ClF2N5O4S/c25-22-18(19(26)4-5-20(22)27)14-36-24-23(28)29-11-21(30-24)16-2-1-3-17(10-16)31-37(34,35)9-8-32-7-6-15(12-32)13-33/h1-5,10-11,15,31,33H,6-9,12-14H2,(H2,28,29). The van der Waals surface area contributed by atoms with Gasteiger partial charge in [-0.05, 0) is 43.1 Å². The van der Waals surface area contributed by atoms with Crippen LogP contribution in [0.5, 0.6) is 5.88 Å². The first kappa shape index (κ1) is 27.0. The van der Waals surface area contributed by atoms with Crippen LogP contribution in [-0.2, 0) is 16.6 Å². The van der Waals surface area contributed by atoms with Crippen LogP contribution in [0.15, 0.2) is 42.6 Å². The second-order valence-corrected chi connectivity index (χ2v) is 10.9. The first-order valence-electron chi connectivity index (χ1n) is 11.5. The van der Waals surface area contributed by atoms with Crippen molar-refractivity contribution in [1.29, 1.82) is 0 Å². The van der Waals surface area contributed by atoms with Crippen LogP contribution < -0.4 is 15.2 Å². The third-order valence-corrected chi connectivity index (χ3v) is 7.67. The number of aromatic nitrogens is 2. The number of anilines is 2. The number of nitrogen functional groups attached to an aromatic ring is 1. The van der Waals surface area contributed by atoms with E-state index in [1.807, 2.05) is 4.90 Å². The molecule has 1 saturated heterocycles. The quantitative estimate of drug-likeness (QED) is 0.326. The number of hydrogen-bond donors (Lipinski definition) is 3. The lowest BCUT2D eigenvalue weighted by Crippen LogP contribution is -2.30. The Morgan fingerprint density at radius 3 is 2.78 bits per heavy atom. The summed E-state index contributed by atoms with van der Waals surface area (Å²) >= 11 is 5.84. The highest BCUT2D eigenvalue weighted by molar-refractivity contribution is 7.92. The Morgan fingerprint density at radius 2 is 2.03 bits per heavy atom. The lowest BCUT2D eigenvalue weighted by Gasteiger charge is -2.16. The molecule has 198 valence electrons. The van der Waals surface area contributed by atoms with Gasteiger partial charge in [-0.15, -0.1) is 0 Å². The minimum absolute atomic E-state index is 0.0705. The number of rotatable bonds is 10. The molecule has 0 saturated carbocycles. The van der Waals surface area contributed by atoms with E-state index in [0.29, 0.717) is 30.0 Å². The van der Waals surface area contributed by atoms with Crippen molar-refractivity contribution in [2.24, 2.45) is 5.92 Å². The van der Waals surface area contributed by atoms with Gasteiger partial charge < -0.3 is 20.5 Å². The molecule has 1 aliphatic rings. The zero-order valence-corrected chi connectivity index (χ0v) is 21.3. The molecule has 1 aromatic heterocycles. The lowest BCUT2D eigenvalue weighted by molar-refractivity contribution is 0.224. The molecule has 2 aromatic carbocycles. The van der Waals surface area contributed by atoms with Crippen molar-refractivity contribution in [3.05, 3.63) is 64.8 Å². The summed E-state index contributed by atoms with van der Waals surface area (Å²) in [5.41, 5.74) is 6.84. The van der Waals surface area contributed by atoms with Gasteiger partial charge in [0.2, 0.25) is 10.0 Å². The molecule has 1 unspecified atom stereocenters. The Labute approximate surface area is 218 Å². The number of aliphatic hydroxyl groups is 1. The summed E-state index contributed by atoms with van der Waals surface area (Å²) in [4.78, 5) is 10.4. The average Bonchev–Trinajstić information content (AvgIpc) is 3.34. The number of nitrogens with one attached hydrogen (secondary N) is 1. The Morgan fingerprint density at radius 1 is 1.24 bits per heavy atom. The van der Waals surface area contributed by atoms with Crippen LogP contribution in [-0.4, -0.2) is 60.4 Å². The van der Waals surface area contributed by atoms with Gasteiger partial charge >= 0.3 is 0 Å². The highest BCUT2D eigenvalue weighted by Crippen LogP contribution is 2.28. The van der Waals surface area contributed by atoms with Gasteiger partial charge in [-0.2, -0.15) is 0 Å². The Kier molecular flexibility index (Phi) is 8.42. The molecule has 0 aliphatic carbocycles. The zero-order chi connectivity index (χ0) is 26.6. The molecule has 1 fully saturated rings. The maximum Gasteiger partial charge on any atom is 0.258 e. The first-order chi connectivity index (χ1) is 17.6. The fraction of sp³-hybridized carbons (Fsp3) is 0.333. The Hall–Kier alpha value is -3.06. The van der Waals surface area contributed by atoms with Crippen LogP contribution in [0.3, 0.4) is 0 Å². The van der Waals surface area contributed by atoms with Crippen LogP contribution in [0.2, 0.25) is 5.02 Å². The maximum atomic E-state index is 14.1. The van der Waals surface area contributed by atoms with Crippen LogP contribution in [0.4, 0.5) is 20.3 Å². The molecule has 0 bridgehead atoms. The predicted octanol–water partition coefficient (Wildman–Crippen LogP) is 3.29. The van der Waals surface area contributed by atoms with Gasteiger partial charge in [0.25, 0.3) is 5.88 Å². The molecular weight excluding hydrogens is 528 g/mol. The number of aliphatic hydroxyl groups excluding tert-OH is 1. The van der Waals surface area contributed by atoms with Crippen LogP contribution >= 0.6 is 11.6 Å². The smallest absolute Gasteiger partial charge is 0.258 e. The van der Waals surface area contributed by atoms with E-state index >= 15 is 0 Å². The molecule has 0 amide bonds. The van der Waals surface area contributed by atoms with E-state index in [-0.39, 0.29) is 35.5 Å². The minimum Gasteiger partial charge on any atom is -0.470 e. The normalized spacial score (nSPS) is 16.2. The molecular formula is C24H26ClF2N5O4S. The Balaban J connectivity index is 1.45. The molecule has 4 rings (SSSR count). The molecule has 2 heterocycles. The maximum absolute atomic E-state index is 14.1. The third-order valence-electron chi connectivity index (χ3n) is 6.00. The Bertz CT molecular complexity index is 1380. The zero-order valence-electron chi connectivity index (χ0n) is 19.7. The van der Waals surface area contributed by atoms with Crippen molar-refractivity contribution >= 4 is 33.1 Å². The van der Waals surface area contributed by atoms with Crippen LogP contribution in [0.1, 0.15) is 12.0 Å². The summed E-state index contributed by atoms with van der Waals surface area (Å²) in [6.07, 6.45) is 2.24. The molecule has 3 aromatic rings. The molecule has 13 heteroatoms. The first-order valence-corrected chi connectivity index (χ1v) is 13.5. The third kappa shape index (κ3) is 6.83. The van der Waals surface area contributed by atoms with Crippen LogP contribution in [0.25, 0.3) is 11.3 Å². The average molecular weight is 554 g/mol. The predicted molar refractivity (Wildman–Crippen MR) is 137 cm³/mol. The number of ether oxygens (including phenoxy) is 1. The fourth-order valence-electron chi connectivity index (χ4n) is 3.96. The molecule has 37 heavy (non-hydrogen) atoms. The summed E-state index contributed by atoms with van der Waals surface area (Å²) in [5, 5.41) is 8.86. The topological polar surface area (TPSA) is 131 Å². The summed E-state index contributed by atoms with van der Waals surface area (Å²) in [6, 6.07) is 8.40. The van der Waals surface area contributed by atoms with Crippen molar-refractivity contribution < 1.29 is 27.0 Å². The summed E-state index contributed by atoms with van der Waals surface area (Å²) in [5.74, 6) is -1.62. The molecule has 0 spiro atoms. The number of likely N-dealkylation sites (tertiary alicyclic amines) is 1. The minimum atomic E-state index is -3.62. The van der Waals surface area contributed by atoms with Gasteiger partial charge in [-0.25, -0.2) is 27.2 Å². The van der Waals surface area contributed by atoms with E-state index < -0.39 is 33.3 Å². The number of nitrogens with zero attached hydrogens (tertiary/aromatic N) is 3. The van der Waals surface area contributed by atoms with E-state index in [2.05, 4.69) is 14.7 Å². The number of halogens is 3. The lowest BCUT2D eigenvalue weighted by atomic mass is 10.1. The van der Waals surface area contributed by atoms with Crippen molar-refractivity contribution in [2.75, 3.05) is 42.4 Å². The van der Waals surface area contributed by atoms with Gasteiger partial charge in [0.15, 0.2) is 5.82 Å². The number of sulfonamides is 1. The van der Waals surface area contributed by atoms with Crippen molar-refractivity contribution in [2.45, 2.75) is 13.0 Å². The molecule has 4 N–H and O–H groups in total. The summed E-state index contributed by atoms with van der Waals surface area (Å²) < 4.78 is 61.1. The second kappa shape index (κ2) is 11.5. The molecule has 0 radical (unpaired) electrons. The highest BCUT2D eigenvalue weighted by atomic mass is 35.5. The van der Waals surface area contributed by atoms with Crippen LogP contribution in [0, 0.1) is 17.6 Å². The summed E-state index contributed by atoms with van der Waals surface area (Å²) in [6.45, 7) is 1.48. The van der Waals surface area contributed by atoms with Gasteiger partial charge in [0, 0.05) is 36.5 Å². The monoisotopic (exact) mass is 553 g/mol. The number of hydrogen-bond acceptors (Lipinski definition) is 8. The van der Waals surface area contributed by atoms with E-state index in [1.165, 1.54) is 6.20 Å². The number of nitrogens with two attached hydrogens (primary N) is 1. The van der Waals surface area contributed by atoms with Gasteiger partial charge in [0.1, 0.15) is 18.2 Å². The van der Waals surface area contributed by atoms with E-state index in [4.69, 9.17) is 22.1 Å². The fourth-order valence-corrected chi connectivity index (χ4v) is 5.25. The van der Waals surface area contributed by atoms with Crippen molar-refractivity contribution in [3.63, 3.8) is 0 Å². The molecule has 1 aliphatic heterocycles. The summed E-state index contributed by atoms with van der Waals surface area (Å²) in [7, 11) is -3.62. The van der Waals surface area contributed by atoms with E-state index in [1.54, 1.807) is 24.3 Å². The molecule has 9 nitrogen and oxygen atoms in total. The SMILES string of the molecule is Nc1ncc(-c2cccc(NS(=O)(=O)CCN3CCC(CO)C3)c2)nc1OCc1c(F)ccc(F)c1Cl. The van der Waals surface area contributed by atoms with Gasteiger partial charge in [-0.1, -0.05) is 23.7 Å². The van der Waals surface area contributed by atoms with E-state index in [0.717, 1.165) is 25.1 Å². The van der Waals surface area contributed by atoms with Crippen molar-refractivity contribution in [1.82, 2.24) is 14.9 Å². The van der Waals surface area contributed by atoms with E-state index in [9.17, 15) is 22.3 Å².